The molecule has 0 fully saturated rings. The topological polar surface area (TPSA) is 77.0 Å². The number of rotatable bonds is 6. The summed E-state index contributed by atoms with van der Waals surface area (Å²) in [6, 6.07) is 3.20. The van der Waals surface area contributed by atoms with Crippen molar-refractivity contribution in [2.75, 3.05) is 27.9 Å². The number of methoxy groups -OCH3 is 3. The van der Waals surface area contributed by atoms with Crippen LogP contribution in [0.4, 0.5) is 0 Å². The van der Waals surface area contributed by atoms with Crippen LogP contribution in [0.3, 0.4) is 0 Å². The fourth-order valence-corrected chi connectivity index (χ4v) is 1.62. The lowest BCUT2D eigenvalue weighted by atomic mass is 10.1. The van der Waals surface area contributed by atoms with E-state index in [1.807, 2.05) is 0 Å². The summed E-state index contributed by atoms with van der Waals surface area (Å²) in [6.07, 6.45) is -0.616. The summed E-state index contributed by atoms with van der Waals surface area (Å²) < 4.78 is 15.5. The Labute approximate surface area is 112 Å². The quantitative estimate of drug-likeness (QED) is 0.799. The molecule has 0 saturated carbocycles. The number of hydrogen-bond donors (Lipinski definition) is 2. The Kier molecular flexibility index (Phi) is 5.44. The first-order valence-electron chi connectivity index (χ1n) is 5.80. The highest BCUT2D eigenvalue weighted by Gasteiger charge is 2.20. The molecule has 0 bridgehead atoms. The van der Waals surface area contributed by atoms with Gasteiger partial charge in [-0.2, -0.15) is 0 Å². The molecule has 1 rings (SSSR count). The molecule has 1 atom stereocenters. The molecule has 1 unspecified atom stereocenters. The molecule has 106 valence electrons. The lowest BCUT2D eigenvalue weighted by Crippen LogP contribution is -2.30. The van der Waals surface area contributed by atoms with Crippen LogP contribution < -0.4 is 19.5 Å². The van der Waals surface area contributed by atoms with Gasteiger partial charge in [-0.3, -0.25) is 4.79 Å². The number of carbonyl (C=O) groups excluding carboxylic acids is 1. The summed E-state index contributed by atoms with van der Waals surface area (Å²) in [6.45, 7) is 1.75. The number of amides is 1. The first-order valence-corrected chi connectivity index (χ1v) is 5.80. The van der Waals surface area contributed by atoms with E-state index in [1.54, 1.807) is 19.1 Å². The minimum absolute atomic E-state index is 0.163. The molecule has 0 saturated heterocycles. The average molecular weight is 269 g/mol. The molecule has 1 amide bonds. The van der Waals surface area contributed by atoms with E-state index in [0.29, 0.717) is 22.8 Å². The van der Waals surface area contributed by atoms with Crippen molar-refractivity contribution in [3.05, 3.63) is 17.7 Å². The summed E-state index contributed by atoms with van der Waals surface area (Å²) in [5.74, 6) is 0.782. The predicted molar refractivity (Wildman–Crippen MR) is 70.1 cm³/mol. The Morgan fingerprint density at radius 1 is 1.21 bits per heavy atom. The third-order valence-corrected chi connectivity index (χ3v) is 2.51. The zero-order valence-electron chi connectivity index (χ0n) is 11.5. The van der Waals surface area contributed by atoms with Crippen LogP contribution in [-0.4, -0.2) is 45.0 Å². The highest BCUT2D eigenvalue weighted by molar-refractivity contribution is 5.98. The van der Waals surface area contributed by atoms with Gasteiger partial charge >= 0.3 is 0 Å². The van der Waals surface area contributed by atoms with Crippen LogP contribution in [0.5, 0.6) is 17.2 Å². The molecule has 2 N–H and O–H groups in total. The minimum Gasteiger partial charge on any atom is -0.493 e. The lowest BCUT2D eigenvalue weighted by molar-refractivity contribution is 0.0920. The highest BCUT2D eigenvalue weighted by atomic mass is 16.5. The predicted octanol–water partition coefficient (Wildman–Crippen LogP) is 0.823. The van der Waals surface area contributed by atoms with Crippen LogP contribution in [0.15, 0.2) is 12.1 Å². The van der Waals surface area contributed by atoms with E-state index in [2.05, 4.69) is 5.32 Å². The highest BCUT2D eigenvalue weighted by Crippen LogP contribution is 2.39. The van der Waals surface area contributed by atoms with E-state index in [0.717, 1.165) is 0 Å². The molecule has 0 heterocycles. The summed E-state index contributed by atoms with van der Waals surface area (Å²) in [7, 11) is 4.42. The summed E-state index contributed by atoms with van der Waals surface area (Å²) in [4.78, 5) is 12.0. The van der Waals surface area contributed by atoms with Gasteiger partial charge in [-0.25, -0.2) is 0 Å². The van der Waals surface area contributed by atoms with Gasteiger partial charge < -0.3 is 24.6 Å². The van der Waals surface area contributed by atoms with Crippen molar-refractivity contribution in [3.8, 4) is 17.2 Å². The molecular weight excluding hydrogens is 250 g/mol. The van der Waals surface area contributed by atoms with Crippen LogP contribution in [0.1, 0.15) is 17.3 Å². The van der Waals surface area contributed by atoms with Crippen molar-refractivity contribution in [2.45, 2.75) is 13.0 Å². The lowest BCUT2D eigenvalue weighted by Gasteiger charge is -2.15. The third-order valence-electron chi connectivity index (χ3n) is 2.51. The SMILES string of the molecule is COc1ccc(C(=O)NCC(C)O)c(OC)c1OC. The fourth-order valence-electron chi connectivity index (χ4n) is 1.62. The fraction of sp³-hybridized carbons (Fsp3) is 0.462. The monoisotopic (exact) mass is 269 g/mol. The molecule has 0 aliphatic heterocycles. The van der Waals surface area contributed by atoms with Crippen molar-refractivity contribution in [1.29, 1.82) is 0 Å². The van der Waals surface area contributed by atoms with E-state index >= 15 is 0 Å². The summed E-state index contributed by atoms with van der Waals surface area (Å²) in [5.41, 5.74) is 0.320. The van der Waals surface area contributed by atoms with Gasteiger partial charge in [0.2, 0.25) is 5.75 Å². The second-order valence-corrected chi connectivity index (χ2v) is 3.94. The Hall–Kier alpha value is -1.95. The minimum atomic E-state index is -0.616. The van der Waals surface area contributed by atoms with Crippen molar-refractivity contribution in [2.24, 2.45) is 0 Å². The molecule has 0 aromatic heterocycles. The molecule has 19 heavy (non-hydrogen) atoms. The summed E-state index contributed by atoms with van der Waals surface area (Å²) >= 11 is 0. The second kappa shape index (κ2) is 6.84. The average Bonchev–Trinajstić information content (AvgIpc) is 2.42. The number of aliphatic hydroxyl groups is 1. The smallest absolute Gasteiger partial charge is 0.255 e. The molecule has 0 aliphatic rings. The molecule has 1 aromatic rings. The normalized spacial score (nSPS) is 11.6. The maximum Gasteiger partial charge on any atom is 0.255 e. The zero-order chi connectivity index (χ0) is 14.4. The number of nitrogens with one attached hydrogen (secondary N) is 1. The number of benzene rings is 1. The zero-order valence-corrected chi connectivity index (χ0v) is 11.5. The maximum atomic E-state index is 12.0. The van der Waals surface area contributed by atoms with E-state index in [1.165, 1.54) is 21.3 Å². The van der Waals surface area contributed by atoms with Gasteiger partial charge in [-0.15, -0.1) is 0 Å². The van der Waals surface area contributed by atoms with Crippen LogP contribution in [0.2, 0.25) is 0 Å². The van der Waals surface area contributed by atoms with Crippen LogP contribution in [0.25, 0.3) is 0 Å². The van der Waals surface area contributed by atoms with E-state index in [9.17, 15) is 4.79 Å². The van der Waals surface area contributed by atoms with Crippen LogP contribution in [0, 0.1) is 0 Å². The Bertz CT molecular complexity index is 445. The van der Waals surface area contributed by atoms with Gasteiger partial charge in [0.1, 0.15) is 0 Å². The van der Waals surface area contributed by atoms with Gasteiger partial charge in [0.15, 0.2) is 11.5 Å². The Balaban J connectivity index is 3.10. The number of hydrogen-bond acceptors (Lipinski definition) is 5. The van der Waals surface area contributed by atoms with Crippen LogP contribution >= 0.6 is 0 Å². The van der Waals surface area contributed by atoms with Gasteiger partial charge in [-0.05, 0) is 19.1 Å². The standard InChI is InChI=1S/C13H19NO5/c1-8(15)7-14-13(16)9-5-6-10(17-2)12(19-4)11(9)18-3/h5-6,8,15H,7H2,1-4H3,(H,14,16). The molecule has 6 heteroatoms. The number of carbonyl (C=O) groups is 1. The van der Waals surface area contributed by atoms with Crippen molar-refractivity contribution >= 4 is 5.91 Å². The molecule has 0 radical (unpaired) electrons. The Morgan fingerprint density at radius 3 is 2.32 bits per heavy atom. The number of aliphatic hydroxyl groups excluding tert-OH is 1. The molecule has 6 nitrogen and oxygen atoms in total. The largest absolute Gasteiger partial charge is 0.493 e. The van der Waals surface area contributed by atoms with E-state index in [-0.39, 0.29) is 12.5 Å². The van der Waals surface area contributed by atoms with Crippen molar-refractivity contribution in [3.63, 3.8) is 0 Å². The van der Waals surface area contributed by atoms with Gasteiger partial charge in [0, 0.05) is 6.54 Å². The third kappa shape index (κ3) is 3.51. The molecular formula is C13H19NO5. The van der Waals surface area contributed by atoms with E-state index in [4.69, 9.17) is 19.3 Å². The first-order chi connectivity index (χ1) is 9.04. The number of ether oxygens (including phenoxy) is 3. The second-order valence-electron chi connectivity index (χ2n) is 3.94. The van der Waals surface area contributed by atoms with Crippen molar-refractivity contribution < 1.29 is 24.1 Å². The molecule has 0 aliphatic carbocycles. The van der Waals surface area contributed by atoms with Gasteiger partial charge in [0.05, 0.1) is 33.0 Å². The molecule has 1 aromatic carbocycles. The first kappa shape index (κ1) is 15.1. The maximum absolute atomic E-state index is 12.0. The van der Waals surface area contributed by atoms with E-state index < -0.39 is 6.10 Å². The van der Waals surface area contributed by atoms with Crippen molar-refractivity contribution in [1.82, 2.24) is 5.32 Å². The van der Waals surface area contributed by atoms with Gasteiger partial charge in [0.25, 0.3) is 5.91 Å². The Morgan fingerprint density at radius 2 is 1.84 bits per heavy atom. The summed E-state index contributed by atoms with van der Waals surface area (Å²) in [5, 5.41) is 11.8. The van der Waals surface area contributed by atoms with Crippen LogP contribution in [-0.2, 0) is 0 Å². The molecule has 0 spiro atoms. The van der Waals surface area contributed by atoms with Gasteiger partial charge in [-0.1, -0.05) is 0 Å².